The van der Waals surface area contributed by atoms with Crippen molar-refractivity contribution in [3.63, 3.8) is 0 Å². The van der Waals surface area contributed by atoms with Gasteiger partial charge in [-0.15, -0.1) is 6.42 Å². The molecule has 0 saturated carbocycles. The Labute approximate surface area is 238 Å². The van der Waals surface area contributed by atoms with Crippen LogP contribution in [0.5, 0.6) is 0 Å². The Morgan fingerprint density at radius 2 is 2.00 bits per heavy atom. The molecule has 0 amide bonds. The van der Waals surface area contributed by atoms with Gasteiger partial charge in [-0.1, -0.05) is 24.0 Å². The van der Waals surface area contributed by atoms with Crippen molar-refractivity contribution in [3.05, 3.63) is 53.7 Å². The van der Waals surface area contributed by atoms with Gasteiger partial charge in [0.15, 0.2) is 5.82 Å². The average Bonchev–Trinajstić information content (AvgIpc) is 3.77. The molecule has 0 unspecified atom stereocenters. The van der Waals surface area contributed by atoms with Gasteiger partial charge in [0.2, 0.25) is 5.82 Å². The predicted octanol–water partition coefficient (Wildman–Crippen LogP) is 4.08. The third-order valence-corrected chi connectivity index (χ3v) is 9.45. The zero-order valence-electron chi connectivity index (χ0n) is 22.8. The first-order valence-corrected chi connectivity index (χ1v) is 14.5. The quantitative estimate of drug-likeness (QED) is 0.291. The summed E-state index contributed by atoms with van der Waals surface area (Å²) in [6, 6.07) is 9.94. The summed E-state index contributed by atoms with van der Waals surface area (Å²) in [5.74, 6) is 10.1. The standard InChI is InChI=1S/C33H30FN7/c1-2-20-6-3-7-21-14-22(35)15-25(28(20)21)30-29(34)31-26(18-37-30)32(41-19-23-16-24(41)17-36-23)39-27(38-31)8-11-33-9-4-12-40(33)13-5-10-33/h1,3,6-7,14-15,18,23-24,36H,4-5,9-10,12-13,16-17,19,35H2/t23-,24-/m0/s1. The van der Waals surface area contributed by atoms with Crippen molar-refractivity contribution < 1.29 is 4.39 Å². The Hall–Kier alpha value is -4.24. The summed E-state index contributed by atoms with van der Waals surface area (Å²) in [6.45, 7) is 3.86. The number of benzene rings is 2. The number of rotatable bonds is 2. The van der Waals surface area contributed by atoms with Crippen LogP contribution in [0.25, 0.3) is 32.9 Å². The highest BCUT2D eigenvalue weighted by atomic mass is 19.1. The highest BCUT2D eigenvalue weighted by Gasteiger charge is 2.43. The van der Waals surface area contributed by atoms with Gasteiger partial charge in [-0.2, -0.15) is 0 Å². The normalized spacial score (nSPS) is 22.7. The zero-order chi connectivity index (χ0) is 27.7. The van der Waals surface area contributed by atoms with Crippen LogP contribution in [0.1, 0.15) is 43.5 Å². The number of nitrogens with zero attached hydrogens (tertiary/aromatic N) is 5. The topological polar surface area (TPSA) is 83.2 Å². The van der Waals surface area contributed by atoms with Crippen molar-refractivity contribution in [1.82, 2.24) is 25.2 Å². The van der Waals surface area contributed by atoms with Gasteiger partial charge in [-0.25, -0.2) is 14.4 Å². The van der Waals surface area contributed by atoms with Gasteiger partial charge in [0, 0.05) is 53.6 Å². The molecule has 204 valence electrons. The van der Waals surface area contributed by atoms with E-state index >= 15 is 4.39 Å². The summed E-state index contributed by atoms with van der Waals surface area (Å²) >= 11 is 0. The lowest BCUT2D eigenvalue weighted by Gasteiger charge is -2.29. The van der Waals surface area contributed by atoms with Gasteiger partial charge < -0.3 is 16.0 Å². The van der Waals surface area contributed by atoms with Gasteiger partial charge in [0.1, 0.15) is 17.0 Å². The summed E-state index contributed by atoms with van der Waals surface area (Å²) in [6.07, 6.45) is 13.0. The van der Waals surface area contributed by atoms with Crippen molar-refractivity contribution in [2.45, 2.75) is 49.7 Å². The molecule has 4 saturated heterocycles. The van der Waals surface area contributed by atoms with Crippen LogP contribution in [-0.4, -0.2) is 63.7 Å². The number of nitrogens with one attached hydrogen (secondary N) is 1. The van der Waals surface area contributed by atoms with E-state index in [9.17, 15) is 0 Å². The van der Waals surface area contributed by atoms with Crippen LogP contribution >= 0.6 is 0 Å². The minimum atomic E-state index is -0.517. The Bertz CT molecular complexity index is 1840. The van der Waals surface area contributed by atoms with Gasteiger partial charge in [-0.05, 0) is 74.7 Å². The molecular weight excluding hydrogens is 513 g/mol. The molecule has 4 fully saturated rings. The maximum Gasteiger partial charge on any atom is 0.207 e. The van der Waals surface area contributed by atoms with Gasteiger partial charge in [-0.3, -0.25) is 9.88 Å². The Morgan fingerprint density at radius 3 is 2.76 bits per heavy atom. The van der Waals surface area contributed by atoms with Crippen LogP contribution in [0, 0.1) is 30.0 Å². The van der Waals surface area contributed by atoms with Crippen LogP contribution < -0.4 is 16.0 Å². The monoisotopic (exact) mass is 543 g/mol. The van der Waals surface area contributed by atoms with Crippen LogP contribution in [0.4, 0.5) is 15.9 Å². The number of nitrogen functional groups attached to an aromatic ring is 1. The number of halogens is 1. The number of fused-ring (bicyclic) bond motifs is 5. The number of anilines is 2. The second kappa shape index (κ2) is 9.14. The number of piperazine rings is 1. The number of aromatic nitrogens is 3. The second-order valence-electron chi connectivity index (χ2n) is 11.8. The summed E-state index contributed by atoms with van der Waals surface area (Å²) in [4.78, 5) is 19.1. The Balaban J connectivity index is 1.34. The Morgan fingerprint density at radius 1 is 1.15 bits per heavy atom. The minimum Gasteiger partial charge on any atom is -0.399 e. The van der Waals surface area contributed by atoms with Gasteiger partial charge >= 0.3 is 0 Å². The molecule has 0 spiro atoms. The van der Waals surface area contributed by atoms with Crippen LogP contribution in [0.2, 0.25) is 0 Å². The molecular formula is C33H30FN7. The fourth-order valence-electron chi connectivity index (χ4n) is 7.56. The van der Waals surface area contributed by atoms with Crippen LogP contribution in [-0.2, 0) is 0 Å². The average molecular weight is 544 g/mol. The van der Waals surface area contributed by atoms with Crippen LogP contribution in [0.3, 0.4) is 0 Å². The smallest absolute Gasteiger partial charge is 0.207 e. The molecule has 2 aromatic carbocycles. The summed E-state index contributed by atoms with van der Waals surface area (Å²) in [5, 5.41) is 5.72. The van der Waals surface area contributed by atoms with Crippen molar-refractivity contribution in [2.24, 2.45) is 0 Å². The fourth-order valence-corrected chi connectivity index (χ4v) is 7.56. The molecule has 4 aliphatic rings. The molecule has 2 bridgehead atoms. The lowest BCUT2D eigenvalue weighted by atomic mass is 9.95. The van der Waals surface area contributed by atoms with E-state index in [4.69, 9.17) is 22.1 Å². The zero-order valence-corrected chi connectivity index (χ0v) is 22.8. The van der Waals surface area contributed by atoms with Gasteiger partial charge in [0.05, 0.1) is 10.9 Å². The molecule has 7 nitrogen and oxygen atoms in total. The number of terminal acetylenes is 1. The lowest BCUT2D eigenvalue weighted by Crippen LogP contribution is -2.44. The van der Waals surface area contributed by atoms with Crippen LogP contribution in [0.15, 0.2) is 36.5 Å². The maximum absolute atomic E-state index is 16.7. The van der Waals surface area contributed by atoms with E-state index in [1.807, 2.05) is 24.3 Å². The number of nitrogens with two attached hydrogens (primary N) is 1. The minimum absolute atomic E-state index is 0.108. The first kappa shape index (κ1) is 24.5. The van der Waals surface area contributed by atoms with E-state index < -0.39 is 5.82 Å². The molecule has 8 heteroatoms. The summed E-state index contributed by atoms with van der Waals surface area (Å²) < 4.78 is 16.7. The largest absolute Gasteiger partial charge is 0.399 e. The first-order chi connectivity index (χ1) is 20.0. The third-order valence-electron chi connectivity index (χ3n) is 9.45. The highest BCUT2D eigenvalue weighted by molar-refractivity contribution is 6.03. The van der Waals surface area contributed by atoms with E-state index in [0.717, 1.165) is 69.1 Å². The predicted molar refractivity (Wildman–Crippen MR) is 160 cm³/mol. The molecule has 4 aromatic rings. The summed E-state index contributed by atoms with van der Waals surface area (Å²) in [5.41, 5.74) is 8.27. The van der Waals surface area contributed by atoms with E-state index in [-0.39, 0.29) is 16.7 Å². The van der Waals surface area contributed by atoms with Crippen molar-refractivity contribution in [3.8, 4) is 35.4 Å². The molecule has 8 rings (SSSR count). The molecule has 41 heavy (non-hydrogen) atoms. The maximum atomic E-state index is 16.7. The van der Waals surface area contributed by atoms with E-state index in [1.165, 1.54) is 0 Å². The molecule has 0 aliphatic carbocycles. The lowest BCUT2D eigenvalue weighted by molar-refractivity contribution is 0.261. The van der Waals surface area contributed by atoms with Crippen molar-refractivity contribution in [2.75, 3.05) is 36.8 Å². The molecule has 4 aliphatic heterocycles. The summed E-state index contributed by atoms with van der Waals surface area (Å²) in [7, 11) is 0. The number of hydrogen-bond acceptors (Lipinski definition) is 7. The van der Waals surface area contributed by atoms with E-state index in [0.29, 0.717) is 45.9 Å². The first-order valence-electron chi connectivity index (χ1n) is 14.5. The van der Waals surface area contributed by atoms with E-state index in [2.05, 4.69) is 37.9 Å². The number of pyridine rings is 1. The fraction of sp³-hybridized carbons (Fsp3) is 0.364. The molecule has 2 aromatic heterocycles. The van der Waals surface area contributed by atoms with Crippen molar-refractivity contribution >= 4 is 33.2 Å². The molecule has 2 atom stereocenters. The molecule has 6 heterocycles. The Kier molecular flexibility index (Phi) is 5.47. The second-order valence-corrected chi connectivity index (χ2v) is 11.8. The highest BCUT2D eigenvalue weighted by Crippen LogP contribution is 2.40. The molecule has 3 N–H and O–H groups in total. The number of hydrogen-bond donors (Lipinski definition) is 2. The SMILES string of the molecule is C#Cc1cccc2cc(N)cc(-c3ncc4c(N5C[C@@H]6C[C@H]5CN6)nc(C#CC56CCCN5CCC6)nc4c3F)c12. The molecule has 0 radical (unpaired) electrons. The van der Waals surface area contributed by atoms with E-state index in [1.54, 1.807) is 12.3 Å². The van der Waals surface area contributed by atoms with Gasteiger partial charge in [0.25, 0.3) is 0 Å². The van der Waals surface area contributed by atoms with Crippen molar-refractivity contribution in [1.29, 1.82) is 0 Å². The third kappa shape index (κ3) is 3.79.